The van der Waals surface area contributed by atoms with E-state index in [1.165, 1.54) is 18.3 Å². The number of nitrogens with zero attached hydrogens (tertiary/aromatic N) is 2. The molecule has 1 aliphatic rings. The topological polar surface area (TPSA) is 67.3 Å². The van der Waals surface area contributed by atoms with E-state index in [0.29, 0.717) is 0 Å². The lowest BCUT2D eigenvalue weighted by molar-refractivity contribution is -0.123. The molecule has 0 bridgehead atoms. The Morgan fingerprint density at radius 2 is 2.11 bits per heavy atom. The van der Waals surface area contributed by atoms with Crippen molar-refractivity contribution in [3.05, 3.63) is 23.5 Å². The number of aromatic nitrogens is 1. The second-order valence-corrected chi connectivity index (χ2v) is 7.20. The standard InChI is InChI=1S/C12H15ClN2O3S/c1-8(2)9-5-12(16)15(7-9)19(17,18)10-3-4-11(13)14-6-10/h3-4,6,8-9H,5,7H2,1-2H3. The second-order valence-electron chi connectivity index (χ2n) is 4.95. The van der Waals surface area contributed by atoms with Crippen LogP contribution in [0.4, 0.5) is 0 Å². The zero-order chi connectivity index (χ0) is 14.2. The Morgan fingerprint density at radius 1 is 1.42 bits per heavy atom. The molecule has 0 saturated carbocycles. The van der Waals surface area contributed by atoms with Crippen LogP contribution < -0.4 is 0 Å². The van der Waals surface area contributed by atoms with Crippen LogP contribution in [-0.2, 0) is 14.8 Å². The van der Waals surface area contributed by atoms with Gasteiger partial charge in [-0.15, -0.1) is 0 Å². The van der Waals surface area contributed by atoms with Gasteiger partial charge in [0.05, 0.1) is 0 Å². The summed E-state index contributed by atoms with van der Waals surface area (Å²) in [5.74, 6) is -0.0105. The third kappa shape index (κ3) is 2.74. The van der Waals surface area contributed by atoms with Gasteiger partial charge in [-0.25, -0.2) is 17.7 Å². The summed E-state index contributed by atoms with van der Waals surface area (Å²) in [6, 6.07) is 2.76. The van der Waals surface area contributed by atoms with E-state index >= 15 is 0 Å². The maximum atomic E-state index is 12.3. The first kappa shape index (κ1) is 14.3. The lowest BCUT2D eigenvalue weighted by Crippen LogP contribution is -2.32. The number of amides is 1. The molecule has 5 nitrogen and oxygen atoms in total. The molecule has 19 heavy (non-hydrogen) atoms. The van der Waals surface area contributed by atoms with Crippen LogP contribution in [0, 0.1) is 11.8 Å². The first-order valence-corrected chi connectivity index (χ1v) is 7.81. The molecule has 7 heteroatoms. The molecule has 1 saturated heterocycles. The average Bonchev–Trinajstić information content (AvgIpc) is 2.73. The minimum absolute atomic E-state index is 0.00495. The van der Waals surface area contributed by atoms with Gasteiger partial charge in [-0.3, -0.25) is 4.79 Å². The maximum absolute atomic E-state index is 12.3. The Hall–Kier alpha value is -1.14. The van der Waals surface area contributed by atoms with Crippen molar-refractivity contribution in [1.82, 2.24) is 9.29 Å². The van der Waals surface area contributed by atoms with E-state index in [1.807, 2.05) is 13.8 Å². The van der Waals surface area contributed by atoms with Crippen LogP contribution in [-0.4, -0.2) is 30.2 Å². The summed E-state index contributed by atoms with van der Waals surface area (Å²) >= 11 is 5.63. The van der Waals surface area contributed by atoms with Crippen LogP contribution in [0.3, 0.4) is 0 Å². The van der Waals surface area contributed by atoms with E-state index in [9.17, 15) is 13.2 Å². The van der Waals surface area contributed by atoms with Gasteiger partial charge in [0.2, 0.25) is 5.91 Å². The highest BCUT2D eigenvalue weighted by Gasteiger charge is 2.39. The number of carbonyl (C=O) groups is 1. The number of carbonyl (C=O) groups excluding carboxylic acids is 1. The van der Waals surface area contributed by atoms with Crippen molar-refractivity contribution in [1.29, 1.82) is 0 Å². The SMILES string of the molecule is CC(C)C1CC(=O)N(S(=O)(=O)c2ccc(Cl)nc2)C1. The van der Waals surface area contributed by atoms with Gasteiger partial charge in [0.1, 0.15) is 10.0 Å². The van der Waals surface area contributed by atoms with Crippen molar-refractivity contribution in [2.75, 3.05) is 6.54 Å². The Kier molecular flexibility index (Phi) is 3.82. The first-order chi connectivity index (χ1) is 8.82. The molecule has 104 valence electrons. The third-order valence-electron chi connectivity index (χ3n) is 3.35. The molecule has 1 aliphatic heterocycles. The molecule has 0 aliphatic carbocycles. The number of sulfonamides is 1. The molecule has 1 aromatic heterocycles. The zero-order valence-corrected chi connectivity index (χ0v) is 12.3. The summed E-state index contributed by atoms with van der Waals surface area (Å²) in [7, 11) is -3.81. The van der Waals surface area contributed by atoms with E-state index in [2.05, 4.69) is 4.98 Å². The summed E-state index contributed by atoms with van der Waals surface area (Å²) in [5, 5.41) is 0.215. The molecular weight excluding hydrogens is 288 g/mol. The Labute approximate surface area is 117 Å². The Morgan fingerprint density at radius 3 is 2.58 bits per heavy atom. The van der Waals surface area contributed by atoms with Gasteiger partial charge in [0.15, 0.2) is 0 Å². The first-order valence-electron chi connectivity index (χ1n) is 5.99. The van der Waals surface area contributed by atoms with Crippen molar-refractivity contribution < 1.29 is 13.2 Å². The minimum Gasteiger partial charge on any atom is -0.274 e. The monoisotopic (exact) mass is 302 g/mol. The summed E-state index contributed by atoms with van der Waals surface area (Å²) in [5.41, 5.74) is 0. The number of rotatable bonds is 3. The van der Waals surface area contributed by atoms with Gasteiger partial charge >= 0.3 is 0 Å². The quantitative estimate of drug-likeness (QED) is 0.800. The molecular formula is C12H15ClN2O3S. The Balaban J connectivity index is 2.30. The van der Waals surface area contributed by atoms with Gasteiger partial charge in [0, 0.05) is 19.2 Å². The molecule has 0 radical (unpaired) electrons. The molecule has 1 unspecified atom stereocenters. The highest BCUT2D eigenvalue weighted by molar-refractivity contribution is 7.89. The van der Waals surface area contributed by atoms with Gasteiger partial charge in [-0.1, -0.05) is 25.4 Å². The van der Waals surface area contributed by atoms with Gasteiger partial charge in [-0.05, 0) is 24.0 Å². The van der Waals surface area contributed by atoms with E-state index in [4.69, 9.17) is 11.6 Å². The molecule has 0 N–H and O–H groups in total. The number of halogens is 1. The van der Waals surface area contributed by atoms with Gasteiger partial charge < -0.3 is 0 Å². The predicted molar refractivity (Wildman–Crippen MR) is 71.1 cm³/mol. The zero-order valence-electron chi connectivity index (χ0n) is 10.7. The van der Waals surface area contributed by atoms with Crippen LogP contribution in [0.1, 0.15) is 20.3 Å². The largest absolute Gasteiger partial charge is 0.274 e. The molecule has 2 rings (SSSR count). The van der Waals surface area contributed by atoms with E-state index in [1.54, 1.807) is 0 Å². The minimum atomic E-state index is -3.81. The maximum Gasteiger partial charge on any atom is 0.268 e. The molecule has 1 fully saturated rings. The van der Waals surface area contributed by atoms with Crippen molar-refractivity contribution in [3.63, 3.8) is 0 Å². The molecule has 1 atom stereocenters. The third-order valence-corrected chi connectivity index (χ3v) is 5.34. The highest BCUT2D eigenvalue weighted by Crippen LogP contribution is 2.29. The van der Waals surface area contributed by atoms with Gasteiger partial charge in [0.25, 0.3) is 10.0 Å². The van der Waals surface area contributed by atoms with Crippen LogP contribution in [0.2, 0.25) is 5.15 Å². The van der Waals surface area contributed by atoms with Crippen molar-refractivity contribution in [2.45, 2.75) is 25.2 Å². The summed E-state index contributed by atoms with van der Waals surface area (Å²) < 4.78 is 25.6. The van der Waals surface area contributed by atoms with Crippen LogP contribution in [0.5, 0.6) is 0 Å². The fourth-order valence-electron chi connectivity index (χ4n) is 2.03. The predicted octanol–water partition coefficient (Wildman–Crippen LogP) is 1.93. The van der Waals surface area contributed by atoms with Crippen molar-refractivity contribution in [3.8, 4) is 0 Å². The van der Waals surface area contributed by atoms with Crippen LogP contribution in [0.25, 0.3) is 0 Å². The van der Waals surface area contributed by atoms with E-state index in [-0.39, 0.29) is 40.8 Å². The summed E-state index contributed by atoms with van der Waals surface area (Å²) in [6.45, 7) is 4.21. The van der Waals surface area contributed by atoms with Crippen molar-refractivity contribution in [2.24, 2.45) is 11.8 Å². The molecule has 1 aromatic rings. The average molecular weight is 303 g/mol. The fraction of sp³-hybridized carbons (Fsp3) is 0.500. The molecule has 2 heterocycles. The smallest absolute Gasteiger partial charge is 0.268 e. The normalized spacial score (nSPS) is 20.3. The fourth-order valence-corrected chi connectivity index (χ4v) is 3.55. The number of hydrogen-bond donors (Lipinski definition) is 0. The van der Waals surface area contributed by atoms with Crippen molar-refractivity contribution >= 4 is 27.5 Å². The highest BCUT2D eigenvalue weighted by atomic mass is 35.5. The van der Waals surface area contributed by atoms with Crippen LogP contribution in [0.15, 0.2) is 23.2 Å². The summed E-state index contributed by atoms with van der Waals surface area (Å²) in [6.07, 6.45) is 1.45. The number of hydrogen-bond acceptors (Lipinski definition) is 4. The second kappa shape index (κ2) is 5.09. The molecule has 0 aromatic carbocycles. The number of pyridine rings is 1. The summed E-state index contributed by atoms with van der Waals surface area (Å²) in [4.78, 5) is 15.6. The van der Waals surface area contributed by atoms with E-state index < -0.39 is 10.0 Å². The van der Waals surface area contributed by atoms with Gasteiger partial charge in [-0.2, -0.15) is 0 Å². The molecule has 0 spiro atoms. The Bertz CT molecular complexity index is 583. The van der Waals surface area contributed by atoms with E-state index in [0.717, 1.165) is 4.31 Å². The molecule has 1 amide bonds. The van der Waals surface area contributed by atoms with Crippen LogP contribution >= 0.6 is 11.6 Å². The lowest BCUT2D eigenvalue weighted by Gasteiger charge is -2.18. The lowest BCUT2D eigenvalue weighted by atomic mass is 9.95.